The highest BCUT2D eigenvalue weighted by molar-refractivity contribution is 5.39. The number of hydrogen-bond acceptors (Lipinski definition) is 3. The van der Waals surface area contributed by atoms with E-state index in [1.807, 2.05) is 0 Å². The van der Waals surface area contributed by atoms with E-state index in [0.29, 0.717) is 24.2 Å². The molecule has 0 radical (unpaired) electrons. The summed E-state index contributed by atoms with van der Waals surface area (Å²) >= 11 is 0. The molecule has 0 aromatic rings. The van der Waals surface area contributed by atoms with Gasteiger partial charge in [0.1, 0.15) is 0 Å². The predicted octanol–water partition coefficient (Wildman–Crippen LogP) is 5.62. The minimum Gasteiger partial charge on any atom is -0.393 e. The van der Waals surface area contributed by atoms with Crippen molar-refractivity contribution in [3.05, 3.63) is 35.5 Å². The summed E-state index contributed by atoms with van der Waals surface area (Å²) in [6.45, 7) is 13.6. The Hall–Kier alpha value is -0.900. The van der Waals surface area contributed by atoms with Crippen molar-refractivity contribution in [1.82, 2.24) is 0 Å². The lowest BCUT2D eigenvalue weighted by Gasteiger charge is -2.55. The molecule has 3 nitrogen and oxygen atoms in total. The van der Waals surface area contributed by atoms with Gasteiger partial charge in [-0.15, -0.1) is 0 Å². The molecule has 0 amide bonds. The van der Waals surface area contributed by atoms with Crippen LogP contribution >= 0.6 is 0 Å². The molecule has 4 aliphatic carbocycles. The first-order valence-corrected chi connectivity index (χ1v) is 12.6. The van der Waals surface area contributed by atoms with Crippen molar-refractivity contribution in [2.24, 2.45) is 46.3 Å². The Labute approximate surface area is 189 Å². The highest BCUT2D eigenvalue weighted by atomic mass is 16.5. The van der Waals surface area contributed by atoms with E-state index < -0.39 is 5.79 Å². The van der Waals surface area contributed by atoms with Gasteiger partial charge in [-0.2, -0.15) is 0 Å². The zero-order valence-electron chi connectivity index (χ0n) is 20.4. The molecule has 0 heterocycles. The number of allylic oxidation sites excluding steroid dienone is 5. The molecule has 4 aliphatic rings. The summed E-state index contributed by atoms with van der Waals surface area (Å²) < 4.78 is 0. The van der Waals surface area contributed by atoms with Crippen molar-refractivity contribution in [2.45, 2.75) is 92.0 Å². The van der Waals surface area contributed by atoms with Crippen LogP contribution in [0.4, 0.5) is 0 Å². The third-order valence-corrected chi connectivity index (χ3v) is 10.0. The van der Waals surface area contributed by atoms with Crippen molar-refractivity contribution < 1.29 is 15.3 Å². The molecule has 3 heteroatoms. The summed E-state index contributed by atoms with van der Waals surface area (Å²) in [5, 5.41) is 32.7. The maximum Gasteiger partial charge on any atom is 0.167 e. The van der Waals surface area contributed by atoms with Crippen molar-refractivity contribution in [2.75, 3.05) is 0 Å². The van der Waals surface area contributed by atoms with Gasteiger partial charge in [-0.1, -0.05) is 77.0 Å². The smallest absolute Gasteiger partial charge is 0.167 e. The second kappa shape index (κ2) is 7.85. The van der Waals surface area contributed by atoms with Crippen LogP contribution in [0.5, 0.6) is 0 Å². The predicted molar refractivity (Wildman–Crippen MR) is 126 cm³/mol. The minimum absolute atomic E-state index is 0.105. The topological polar surface area (TPSA) is 60.7 Å². The zero-order valence-corrected chi connectivity index (χ0v) is 20.4. The number of hydrogen-bond donors (Lipinski definition) is 3. The maximum atomic E-state index is 11.3. The van der Waals surface area contributed by atoms with Crippen molar-refractivity contribution in [1.29, 1.82) is 0 Å². The molecule has 0 aliphatic heterocycles. The molecular formula is C28H44O3. The molecule has 8 atom stereocenters. The zero-order chi connectivity index (χ0) is 22.8. The quantitative estimate of drug-likeness (QED) is 0.402. The van der Waals surface area contributed by atoms with Crippen LogP contribution in [0.3, 0.4) is 0 Å². The first kappa shape index (κ1) is 23.3. The van der Waals surface area contributed by atoms with Gasteiger partial charge in [-0.25, -0.2) is 0 Å². The lowest BCUT2D eigenvalue weighted by molar-refractivity contribution is -0.205. The van der Waals surface area contributed by atoms with E-state index in [1.54, 1.807) is 0 Å². The Balaban J connectivity index is 1.66. The third-order valence-electron chi connectivity index (χ3n) is 10.0. The van der Waals surface area contributed by atoms with Gasteiger partial charge in [0.2, 0.25) is 0 Å². The van der Waals surface area contributed by atoms with Gasteiger partial charge >= 0.3 is 0 Å². The van der Waals surface area contributed by atoms with E-state index in [-0.39, 0.29) is 34.7 Å². The fraction of sp³-hybridized carbons (Fsp3) is 0.786. The lowest BCUT2D eigenvalue weighted by atomic mass is 9.50. The molecule has 0 bridgehead atoms. The van der Waals surface area contributed by atoms with Gasteiger partial charge in [-0.05, 0) is 72.5 Å². The maximum absolute atomic E-state index is 11.3. The highest BCUT2D eigenvalue weighted by Crippen LogP contribution is 2.67. The van der Waals surface area contributed by atoms with Gasteiger partial charge in [0.05, 0.1) is 6.10 Å². The fourth-order valence-corrected chi connectivity index (χ4v) is 7.79. The van der Waals surface area contributed by atoms with E-state index in [9.17, 15) is 15.3 Å². The molecule has 3 N–H and O–H groups in total. The standard InChI is InChI=1S/C28H44O3/c1-17(2)18(3)7-8-19(4)25-27(6)14-12-23-22(24(27)16-28(25,30)31)10-9-20-15-21(29)11-13-26(20,23)5/h7-10,17-19,21,23-25,29-31H,11-16H2,1-6H3/b8-7+/t18-,19+,21-,23-,24-,25+,26-,27-/m0/s1. The van der Waals surface area contributed by atoms with Crippen molar-refractivity contribution in [3.63, 3.8) is 0 Å². The summed E-state index contributed by atoms with van der Waals surface area (Å²) in [4.78, 5) is 0. The van der Waals surface area contributed by atoms with Crippen molar-refractivity contribution in [3.8, 4) is 0 Å². The Kier molecular flexibility index (Phi) is 5.89. The van der Waals surface area contributed by atoms with E-state index >= 15 is 0 Å². The average molecular weight is 429 g/mol. The van der Waals surface area contributed by atoms with Crippen LogP contribution in [0.25, 0.3) is 0 Å². The summed E-state index contributed by atoms with van der Waals surface area (Å²) in [6, 6.07) is 0. The number of fused-ring (bicyclic) bond motifs is 5. The van der Waals surface area contributed by atoms with Gasteiger partial charge in [0, 0.05) is 12.3 Å². The Morgan fingerprint density at radius 2 is 1.68 bits per heavy atom. The normalized spacial score (nSPS) is 43.7. The summed E-state index contributed by atoms with van der Waals surface area (Å²) in [5.74, 6) is 0.0918. The largest absolute Gasteiger partial charge is 0.393 e. The average Bonchev–Trinajstić information content (AvgIpc) is 2.91. The van der Waals surface area contributed by atoms with Crippen LogP contribution in [0.1, 0.15) is 80.1 Å². The summed E-state index contributed by atoms with van der Waals surface area (Å²) in [5.41, 5.74) is 2.86. The van der Waals surface area contributed by atoms with E-state index in [1.165, 1.54) is 11.1 Å². The second-order valence-electron chi connectivity index (χ2n) is 12.2. The molecule has 174 valence electrons. The highest BCUT2D eigenvalue weighted by Gasteiger charge is 2.64. The van der Waals surface area contributed by atoms with Crippen LogP contribution in [0, 0.1) is 46.3 Å². The SMILES string of the molecule is CC(C)[C@@H](C)/C=C/[C@@H](C)[C@H]1C(O)(O)C[C@H]2C3=CC=C4C[C@@H](O)CC[C@]4(C)[C@H]3CC[C@@]21C. The molecule has 0 aromatic carbocycles. The number of aliphatic hydroxyl groups excluding tert-OH is 1. The van der Waals surface area contributed by atoms with Gasteiger partial charge < -0.3 is 15.3 Å². The summed E-state index contributed by atoms with van der Waals surface area (Å²) in [7, 11) is 0. The fourth-order valence-electron chi connectivity index (χ4n) is 7.79. The van der Waals surface area contributed by atoms with Crippen LogP contribution in [-0.2, 0) is 0 Å². The minimum atomic E-state index is -1.63. The summed E-state index contributed by atoms with van der Waals surface area (Å²) in [6.07, 6.45) is 14.2. The molecule has 31 heavy (non-hydrogen) atoms. The van der Waals surface area contributed by atoms with Crippen molar-refractivity contribution >= 4 is 0 Å². The first-order valence-electron chi connectivity index (χ1n) is 12.6. The molecule has 0 saturated heterocycles. The van der Waals surface area contributed by atoms with Gasteiger partial charge in [0.15, 0.2) is 5.79 Å². The van der Waals surface area contributed by atoms with Gasteiger partial charge in [0.25, 0.3) is 0 Å². The Morgan fingerprint density at radius 1 is 0.968 bits per heavy atom. The monoisotopic (exact) mass is 428 g/mol. The molecule has 4 rings (SSSR count). The molecule has 3 saturated carbocycles. The van der Waals surface area contributed by atoms with E-state index in [0.717, 1.165) is 32.1 Å². The van der Waals surface area contributed by atoms with Crippen LogP contribution in [0.2, 0.25) is 0 Å². The second-order valence-corrected chi connectivity index (χ2v) is 12.2. The molecule has 0 aromatic heterocycles. The first-order chi connectivity index (χ1) is 14.4. The molecule has 0 unspecified atom stereocenters. The van der Waals surface area contributed by atoms with Gasteiger partial charge in [-0.3, -0.25) is 0 Å². The van der Waals surface area contributed by atoms with Crippen LogP contribution in [-0.4, -0.2) is 27.2 Å². The molecular weight excluding hydrogens is 384 g/mol. The molecule has 0 spiro atoms. The third kappa shape index (κ3) is 3.69. The van der Waals surface area contributed by atoms with Crippen LogP contribution in [0.15, 0.2) is 35.5 Å². The number of rotatable bonds is 4. The number of aliphatic hydroxyl groups is 3. The Morgan fingerprint density at radius 3 is 2.35 bits per heavy atom. The molecule has 3 fully saturated rings. The van der Waals surface area contributed by atoms with E-state index in [4.69, 9.17) is 0 Å². The Bertz CT molecular complexity index is 790. The van der Waals surface area contributed by atoms with E-state index in [2.05, 4.69) is 65.8 Å². The lowest BCUT2D eigenvalue weighted by Crippen LogP contribution is -2.48. The van der Waals surface area contributed by atoms with Crippen LogP contribution < -0.4 is 0 Å².